The lowest BCUT2D eigenvalue weighted by molar-refractivity contribution is -0.142. The van der Waals surface area contributed by atoms with Gasteiger partial charge in [-0.05, 0) is 18.6 Å². The van der Waals surface area contributed by atoms with Gasteiger partial charge >= 0.3 is 5.97 Å². The van der Waals surface area contributed by atoms with Crippen molar-refractivity contribution in [3.05, 3.63) is 35.9 Å². The highest BCUT2D eigenvalue weighted by molar-refractivity contribution is 5.76. The molecule has 0 N–H and O–H groups in total. The van der Waals surface area contributed by atoms with Gasteiger partial charge in [0.25, 0.3) is 0 Å². The topological polar surface area (TPSA) is 26.3 Å². The van der Waals surface area contributed by atoms with E-state index < -0.39 is 0 Å². The number of carbonyl (C=O) groups is 1. The Morgan fingerprint density at radius 1 is 1.40 bits per heavy atom. The summed E-state index contributed by atoms with van der Waals surface area (Å²) in [5, 5.41) is 0. The van der Waals surface area contributed by atoms with Crippen molar-refractivity contribution in [2.75, 3.05) is 7.11 Å². The Morgan fingerprint density at radius 3 is 2.80 bits per heavy atom. The second kappa shape index (κ2) is 4.18. The molecule has 0 aromatic heterocycles. The van der Waals surface area contributed by atoms with Crippen molar-refractivity contribution in [1.82, 2.24) is 0 Å². The van der Waals surface area contributed by atoms with Crippen LogP contribution in [0.25, 0.3) is 0 Å². The molecule has 2 atom stereocenters. The van der Waals surface area contributed by atoms with Crippen molar-refractivity contribution in [3.63, 3.8) is 0 Å². The number of carbonyl (C=O) groups excluding carboxylic acids is 1. The largest absolute Gasteiger partial charge is 0.469 e. The summed E-state index contributed by atoms with van der Waals surface area (Å²) in [5.74, 6) is 6.21. The minimum atomic E-state index is -0.137. The number of methoxy groups -OCH3 is 1. The number of benzene rings is 1. The van der Waals surface area contributed by atoms with Gasteiger partial charge in [-0.2, -0.15) is 0 Å². The van der Waals surface area contributed by atoms with Crippen LogP contribution in [0, 0.1) is 23.7 Å². The quantitative estimate of drug-likeness (QED) is 0.511. The van der Waals surface area contributed by atoms with Crippen LogP contribution < -0.4 is 0 Å². The van der Waals surface area contributed by atoms with Gasteiger partial charge in [-0.1, -0.05) is 30.0 Å². The SMILES string of the molecule is COC(=O)[C@@H]1C[C@@H]1C#Cc1ccccc1. The van der Waals surface area contributed by atoms with E-state index in [0.717, 1.165) is 12.0 Å². The van der Waals surface area contributed by atoms with Gasteiger partial charge in [-0.25, -0.2) is 0 Å². The van der Waals surface area contributed by atoms with Gasteiger partial charge in [0.1, 0.15) is 0 Å². The van der Waals surface area contributed by atoms with E-state index in [2.05, 4.69) is 16.6 Å². The Morgan fingerprint density at radius 2 is 2.13 bits per heavy atom. The summed E-state index contributed by atoms with van der Waals surface area (Å²) in [6.45, 7) is 0. The minimum Gasteiger partial charge on any atom is -0.469 e. The van der Waals surface area contributed by atoms with E-state index in [-0.39, 0.29) is 17.8 Å². The summed E-state index contributed by atoms with van der Waals surface area (Å²) in [5.41, 5.74) is 0.994. The molecule has 15 heavy (non-hydrogen) atoms. The Balaban J connectivity index is 1.96. The molecular formula is C13H12O2. The van der Waals surface area contributed by atoms with Crippen LogP contribution in [0.2, 0.25) is 0 Å². The monoisotopic (exact) mass is 200 g/mol. The maximum absolute atomic E-state index is 11.1. The summed E-state index contributed by atoms with van der Waals surface area (Å²) in [7, 11) is 1.42. The zero-order valence-corrected chi connectivity index (χ0v) is 8.57. The number of esters is 1. The van der Waals surface area contributed by atoms with Crippen LogP contribution in [0.4, 0.5) is 0 Å². The first-order valence-corrected chi connectivity index (χ1v) is 4.95. The van der Waals surface area contributed by atoms with E-state index in [1.54, 1.807) is 0 Å². The first kappa shape index (κ1) is 9.79. The standard InChI is InChI=1S/C13H12O2/c1-15-13(14)12-9-11(12)8-7-10-5-3-2-4-6-10/h2-6,11-12H,9H2,1H3/t11-,12+/m0/s1. The van der Waals surface area contributed by atoms with Gasteiger partial charge in [0.05, 0.1) is 13.0 Å². The highest BCUT2D eigenvalue weighted by atomic mass is 16.5. The molecule has 1 aromatic carbocycles. The lowest BCUT2D eigenvalue weighted by Crippen LogP contribution is -2.03. The molecule has 0 spiro atoms. The fraction of sp³-hybridized carbons (Fsp3) is 0.308. The number of hydrogen-bond donors (Lipinski definition) is 0. The molecule has 1 saturated carbocycles. The average molecular weight is 200 g/mol. The van der Waals surface area contributed by atoms with Crippen molar-refractivity contribution < 1.29 is 9.53 Å². The summed E-state index contributed by atoms with van der Waals surface area (Å²) in [4.78, 5) is 11.1. The van der Waals surface area contributed by atoms with Crippen molar-refractivity contribution in [2.45, 2.75) is 6.42 Å². The Kier molecular flexibility index (Phi) is 2.73. The van der Waals surface area contributed by atoms with Crippen LogP contribution in [0.1, 0.15) is 12.0 Å². The molecule has 2 heteroatoms. The lowest BCUT2D eigenvalue weighted by Gasteiger charge is -1.92. The molecule has 0 amide bonds. The van der Waals surface area contributed by atoms with Crippen LogP contribution in [0.5, 0.6) is 0 Å². The molecule has 0 radical (unpaired) electrons. The fourth-order valence-electron chi connectivity index (χ4n) is 1.46. The van der Waals surface area contributed by atoms with E-state index in [1.807, 2.05) is 30.3 Å². The Labute approximate surface area is 89.3 Å². The van der Waals surface area contributed by atoms with Gasteiger partial charge in [-0.3, -0.25) is 4.79 Å². The molecule has 1 aliphatic rings. The minimum absolute atomic E-state index is 0.00575. The molecule has 0 heterocycles. The van der Waals surface area contributed by atoms with Crippen molar-refractivity contribution in [2.24, 2.45) is 11.8 Å². The van der Waals surface area contributed by atoms with Gasteiger partial charge in [0.2, 0.25) is 0 Å². The summed E-state index contributed by atoms with van der Waals surface area (Å²) >= 11 is 0. The molecule has 0 unspecified atom stereocenters. The zero-order valence-electron chi connectivity index (χ0n) is 8.57. The first-order valence-electron chi connectivity index (χ1n) is 4.95. The summed E-state index contributed by atoms with van der Waals surface area (Å²) < 4.78 is 4.65. The highest BCUT2D eigenvalue weighted by Crippen LogP contribution is 2.38. The van der Waals surface area contributed by atoms with E-state index in [0.29, 0.717) is 0 Å². The number of rotatable bonds is 1. The fourth-order valence-corrected chi connectivity index (χ4v) is 1.46. The predicted molar refractivity (Wildman–Crippen MR) is 56.9 cm³/mol. The maximum atomic E-state index is 11.1. The number of hydrogen-bond acceptors (Lipinski definition) is 2. The van der Waals surface area contributed by atoms with Crippen LogP contribution in [0.3, 0.4) is 0 Å². The lowest BCUT2D eigenvalue weighted by atomic mass is 10.2. The summed E-state index contributed by atoms with van der Waals surface area (Å²) in [6.07, 6.45) is 0.840. The molecular weight excluding hydrogens is 188 g/mol. The van der Waals surface area contributed by atoms with E-state index in [4.69, 9.17) is 0 Å². The number of ether oxygens (including phenoxy) is 1. The zero-order chi connectivity index (χ0) is 10.7. The third-order valence-electron chi connectivity index (χ3n) is 2.47. The second-order valence-electron chi connectivity index (χ2n) is 3.61. The van der Waals surface area contributed by atoms with Gasteiger partial charge in [0, 0.05) is 11.5 Å². The van der Waals surface area contributed by atoms with Crippen LogP contribution in [-0.2, 0) is 9.53 Å². The maximum Gasteiger partial charge on any atom is 0.309 e. The molecule has 1 fully saturated rings. The molecule has 0 bridgehead atoms. The van der Waals surface area contributed by atoms with Crippen molar-refractivity contribution >= 4 is 5.97 Å². The average Bonchev–Trinajstić information content (AvgIpc) is 3.06. The first-order chi connectivity index (χ1) is 7.31. The molecule has 2 nitrogen and oxygen atoms in total. The third-order valence-corrected chi connectivity index (χ3v) is 2.47. The molecule has 1 aliphatic carbocycles. The molecule has 2 rings (SSSR count). The van der Waals surface area contributed by atoms with Crippen LogP contribution >= 0.6 is 0 Å². The van der Waals surface area contributed by atoms with Crippen LogP contribution in [-0.4, -0.2) is 13.1 Å². The van der Waals surface area contributed by atoms with E-state index in [1.165, 1.54) is 7.11 Å². The molecule has 76 valence electrons. The van der Waals surface area contributed by atoms with Gasteiger partial charge in [0.15, 0.2) is 0 Å². The van der Waals surface area contributed by atoms with Crippen molar-refractivity contribution in [1.29, 1.82) is 0 Å². The van der Waals surface area contributed by atoms with Crippen molar-refractivity contribution in [3.8, 4) is 11.8 Å². The molecule has 0 aliphatic heterocycles. The summed E-state index contributed by atoms with van der Waals surface area (Å²) in [6, 6.07) is 9.79. The highest BCUT2D eigenvalue weighted by Gasteiger charge is 2.42. The predicted octanol–water partition coefficient (Wildman–Crippen LogP) is 1.85. The second-order valence-corrected chi connectivity index (χ2v) is 3.61. The molecule has 1 aromatic rings. The third kappa shape index (κ3) is 2.38. The Bertz CT molecular complexity index is 411. The molecule has 0 saturated heterocycles. The van der Waals surface area contributed by atoms with Gasteiger partial charge in [-0.15, -0.1) is 0 Å². The smallest absolute Gasteiger partial charge is 0.309 e. The van der Waals surface area contributed by atoms with E-state index >= 15 is 0 Å². The van der Waals surface area contributed by atoms with E-state index in [9.17, 15) is 4.79 Å². The van der Waals surface area contributed by atoms with Gasteiger partial charge < -0.3 is 4.74 Å². The normalized spacial score (nSPS) is 22.5. The van der Waals surface area contributed by atoms with Crippen LogP contribution in [0.15, 0.2) is 30.3 Å². The Hall–Kier alpha value is -1.75.